The highest BCUT2D eigenvalue weighted by atomic mass is 16.3. The second-order valence-electron chi connectivity index (χ2n) is 4.50. The van der Waals surface area contributed by atoms with E-state index < -0.39 is 0 Å². The first-order valence-electron chi connectivity index (χ1n) is 5.92. The first-order valence-corrected chi connectivity index (χ1v) is 5.92. The Morgan fingerprint density at radius 1 is 1.11 bits per heavy atom. The molecule has 3 nitrogen and oxygen atoms in total. The molecule has 2 aromatic rings. The number of anilines is 1. The van der Waals surface area contributed by atoms with E-state index in [1.54, 1.807) is 18.2 Å². The van der Waals surface area contributed by atoms with Gasteiger partial charge in [0, 0.05) is 5.69 Å². The van der Waals surface area contributed by atoms with Gasteiger partial charge in [-0.25, -0.2) is 0 Å². The van der Waals surface area contributed by atoms with Crippen molar-refractivity contribution in [2.75, 3.05) is 5.32 Å². The number of para-hydroxylation sites is 1. The monoisotopic (exact) mass is 239 g/mol. The normalized spacial score (nSPS) is 17.3. The van der Waals surface area contributed by atoms with E-state index in [1.165, 1.54) is 0 Å². The van der Waals surface area contributed by atoms with Crippen LogP contribution in [-0.2, 0) is 11.2 Å². The van der Waals surface area contributed by atoms with Crippen LogP contribution in [0, 0.1) is 0 Å². The van der Waals surface area contributed by atoms with E-state index in [0.29, 0.717) is 6.42 Å². The van der Waals surface area contributed by atoms with Gasteiger partial charge < -0.3 is 10.4 Å². The van der Waals surface area contributed by atoms with Crippen LogP contribution in [0.4, 0.5) is 5.69 Å². The minimum absolute atomic E-state index is 0.0274. The summed E-state index contributed by atoms with van der Waals surface area (Å²) in [7, 11) is 0. The molecule has 2 aromatic carbocycles. The first kappa shape index (κ1) is 10.8. The number of carbonyl (C=O) groups is 1. The van der Waals surface area contributed by atoms with E-state index >= 15 is 0 Å². The molecule has 1 atom stereocenters. The van der Waals surface area contributed by atoms with Gasteiger partial charge in [-0.2, -0.15) is 0 Å². The maximum Gasteiger partial charge on any atom is 0.232 e. The number of carbonyl (C=O) groups excluding carboxylic acids is 1. The average Bonchev–Trinajstić information content (AvgIpc) is 2.66. The Bertz CT molecular complexity index is 607. The number of hydrogen-bond acceptors (Lipinski definition) is 2. The van der Waals surface area contributed by atoms with E-state index in [1.807, 2.05) is 30.3 Å². The lowest BCUT2D eigenvalue weighted by molar-refractivity contribution is -0.117. The maximum atomic E-state index is 11.9. The van der Waals surface area contributed by atoms with Crippen LogP contribution in [0.15, 0.2) is 48.5 Å². The number of benzene rings is 2. The number of fused-ring (bicyclic) bond motifs is 1. The number of hydrogen-bond donors (Lipinski definition) is 2. The van der Waals surface area contributed by atoms with Crippen LogP contribution in [0.3, 0.4) is 0 Å². The smallest absolute Gasteiger partial charge is 0.232 e. The summed E-state index contributed by atoms with van der Waals surface area (Å²) in [6.45, 7) is 0. The first-order chi connectivity index (χ1) is 8.74. The zero-order chi connectivity index (χ0) is 12.5. The largest absolute Gasteiger partial charge is 0.508 e. The van der Waals surface area contributed by atoms with Crippen molar-refractivity contribution in [2.45, 2.75) is 12.3 Å². The molecule has 3 rings (SSSR count). The Hall–Kier alpha value is -2.29. The Balaban J connectivity index is 1.91. The summed E-state index contributed by atoms with van der Waals surface area (Å²) < 4.78 is 0. The van der Waals surface area contributed by atoms with E-state index in [9.17, 15) is 9.90 Å². The van der Waals surface area contributed by atoms with Crippen molar-refractivity contribution in [1.82, 2.24) is 0 Å². The number of aromatic hydroxyl groups is 1. The fourth-order valence-electron chi connectivity index (χ4n) is 2.40. The molecule has 0 saturated heterocycles. The lowest BCUT2D eigenvalue weighted by Crippen LogP contribution is -2.14. The average molecular weight is 239 g/mol. The van der Waals surface area contributed by atoms with Gasteiger partial charge >= 0.3 is 0 Å². The van der Waals surface area contributed by atoms with Gasteiger partial charge in [-0.15, -0.1) is 0 Å². The van der Waals surface area contributed by atoms with Gasteiger partial charge in [0.25, 0.3) is 0 Å². The molecular weight excluding hydrogens is 226 g/mol. The SMILES string of the molecule is O=C1Nc2ccccc2C1Cc1cccc(O)c1. The zero-order valence-corrected chi connectivity index (χ0v) is 9.76. The second-order valence-corrected chi connectivity index (χ2v) is 4.50. The third kappa shape index (κ3) is 1.84. The molecule has 18 heavy (non-hydrogen) atoms. The molecule has 0 fully saturated rings. The van der Waals surface area contributed by atoms with Gasteiger partial charge in [-0.05, 0) is 35.7 Å². The van der Waals surface area contributed by atoms with Gasteiger partial charge in [0.05, 0.1) is 5.92 Å². The quantitative estimate of drug-likeness (QED) is 0.846. The number of phenolic OH excluding ortho intramolecular Hbond substituents is 1. The summed E-state index contributed by atoms with van der Waals surface area (Å²) in [6.07, 6.45) is 0.608. The predicted molar refractivity (Wildman–Crippen MR) is 69.6 cm³/mol. The highest BCUT2D eigenvalue weighted by Crippen LogP contribution is 2.34. The molecule has 0 saturated carbocycles. The van der Waals surface area contributed by atoms with Gasteiger partial charge in [-0.1, -0.05) is 30.3 Å². The standard InChI is InChI=1S/C15H13NO2/c17-11-5-3-4-10(8-11)9-13-12-6-1-2-7-14(12)16-15(13)18/h1-8,13,17H,9H2,(H,16,18). The third-order valence-electron chi connectivity index (χ3n) is 3.26. The highest BCUT2D eigenvalue weighted by Gasteiger charge is 2.29. The summed E-state index contributed by atoms with van der Waals surface area (Å²) in [6, 6.07) is 14.8. The molecule has 1 unspecified atom stereocenters. The van der Waals surface area contributed by atoms with E-state index in [2.05, 4.69) is 5.32 Å². The Labute approximate surface area is 105 Å². The van der Waals surface area contributed by atoms with Crippen LogP contribution in [0.25, 0.3) is 0 Å². The van der Waals surface area contributed by atoms with Crippen molar-refractivity contribution >= 4 is 11.6 Å². The summed E-state index contributed by atoms with van der Waals surface area (Å²) >= 11 is 0. The molecule has 0 aromatic heterocycles. The minimum atomic E-state index is -0.164. The molecular formula is C15H13NO2. The molecule has 1 heterocycles. The molecule has 1 aliphatic rings. The highest BCUT2D eigenvalue weighted by molar-refractivity contribution is 6.03. The van der Waals surface area contributed by atoms with Crippen LogP contribution in [0.2, 0.25) is 0 Å². The molecule has 1 amide bonds. The molecule has 0 radical (unpaired) electrons. The number of amides is 1. The summed E-state index contributed by atoms with van der Waals surface area (Å²) in [5, 5.41) is 12.3. The summed E-state index contributed by atoms with van der Waals surface area (Å²) in [5.74, 6) is 0.0988. The molecule has 1 aliphatic heterocycles. The van der Waals surface area contributed by atoms with Crippen LogP contribution in [0.1, 0.15) is 17.0 Å². The Morgan fingerprint density at radius 3 is 2.78 bits per heavy atom. The van der Waals surface area contributed by atoms with Crippen LogP contribution in [-0.4, -0.2) is 11.0 Å². The molecule has 0 bridgehead atoms. The summed E-state index contributed by atoms with van der Waals surface area (Å²) in [4.78, 5) is 11.9. The van der Waals surface area contributed by atoms with Crippen LogP contribution < -0.4 is 5.32 Å². The zero-order valence-electron chi connectivity index (χ0n) is 9.76. The van der Waals surface area contributed by atoms with Crippen molar-refractivity contribution in [2.24, 2.45) is 0 Å². The van der Waals surface area contributed by atoms with Crippen molar-refractivity contribution in [1.29, 1.82) is 0 Å². The third-order valence-corrected chi connectivity index (χ3v) is 3.26. The van der Waals surface area contributed by atoms with E-state index in [4.69, 9.17) is 0 Å². The van der Waals surface area contributed by atoms with Crippen molar-refractivity contribution in [3.8, 4) is 5.75 Å². The van der Waals surface area contributed by atoms with Crippen molar-refractivity contribution < 1.29 is 9.90 Å². The lowest BCUT2D eigenvalue weighted by Gasteiger charge is -2.09. The van der Waals surface area contributed by atoms with Gasteiger partial charge in [-0.3, -0.25) is 4.79 Å². The van der Waals surface area contributed by atoms with Crippen LogP contribution in [0.5, 0.6) is 5.75 Å². The molecule has 3 heteroatoms. The molecule has 2 N–H and O–H groups in total. The molecule has 0 spiro atoms. The van der Waals surface area contributed by atoms with Gasteiger partial charge in [0.1, 0.15) is 5.75 Å². The molecule has 90 valence electrons. The maximum absolute atomic E-state index is 11.9. The van der Waals surface area contributed by atoms with Crippen molar-refractivity contribution in [3.05, 3.63) is 59.7 Å². The number of nitrogens with one attached hydrogen (secondary N) is 1. The summed E-state index contributed by atoms with van der Waals surface area (Å²) in [5.41, 5.74) is 2.89. The van der Waals surface area contributed by atoms with Gasteiger partial charge in [0.2, 0.25) is 5.91 Å². The Kier molecular flexibility index (Phi) is 2.52. The Morgan fingerprint density at radius 2 is 1.94 bits per heavy atom. The number of phenols is 1. The van der Waals surface area contributed by atoms with Crippen molar-refractivity contribution in [3.63, 3.8) is 0 Å². The molecule has 0 aliphatic carbocycles. The fraction of sp³-hybridized carbons (Fsp3) is 0.133. The van der Waals surface area contributed by atoms with Crippen LogP contribution >= 0.6 is 0 Å². The van der Waals surface area contributed by atoms with E-state index in [0.717, 1.165) is 16.8 Å². The second kappa shape index (κ2) is 4.18. The minimum Gasteiger partial charge on any atom is -0.508 e. The van der Waals surface area contributed by atoms with Gasteiger partial charge in [0.15, 0.2) is 0 Å². The number of rotatable bonds is 2. The predicted octanol–water partition coefficient (Wildman–Crippen LogP) is 2.67. The lowest BCUT2D eigenvalue weighted by atomic mass is 9.93. The fourth-order valence-corrected chi connectivity index (χ4v) is 2.40. The van der Waals surface area contributed by atoms with E-state index in [-0.39, 0.29) is 17.6 Å². The topological polar surface area (TPSA) is 49.3 Å².